The van der Waals surface area contributed by atoms with Crippen LogP contribution in [0.4, 0.5) is 0 Å². The van der Waals surface area contributed by atoms with Gasteiger partial charge in [-0.25, -0.2) is 0 Å². The lowest BCUT2D eigenvalue weighted by atomic mass is 10.0. The molecule has 1 N–H and O–H groups in total. The Kier molecular flexibility index (Phi) is 4.80. The number of aliphatic hydroxyl groups excluding tert-OH is 1. The van der Waals surface area contributed by atoms with Gasteiger partial charge in [0.15, 0.2) is 6.61 Å². The van der Waals surface area contributed by atoms with Crippen LogP contribution in [0.2, 0.25) is 0 Å². The van der Waals surface area contributed by atoms with Crippen molar-refractivity contribution in [2.45, 2.75) is 32.2 Å². The van der Waals surface area contributed by atoms with Crippen LogP contribution < -0.4 is 4.74 Å². The van der Waals surface area contributed by atoms with E-state index in [1.165, 1.54) is 0 Å². The van der Waals surface area contributed by atoms with E-state index in [1.807, 2.05) is 31.2 Å². The number of carbonyl (C=O) groups excluding carboxylic acids is 1. The van der Waals surface area contributed by atoms with Crippen LogP contribution in [0.25, 0.3) is 0 Å². The lowest BCUT2D eigenvalue weighted by Gasteiger charge is -2.34. The third kappa shape index (κ3) is 3.70. The number of hydrogen-bond donors (Lipinski definition) is 1. The van der Waals surface area contributed by atoms with Crippen LogP contribution in [0.1, 0.15) is 24.8 Å². The molecule has 1 fully saturated rings. The summed E-state index contributed by atoms with van der Waals surface area (Å²) >= 11 is 0. The maximum Gasteiger partial charge on any atom is 0.260 e. The zero-order chi connectivity index (χ0) is 13.7. The Bertz CT molecular complexity index is 416. The normalized spacial score (nSPS) is 19.3. The Balaban J connectivity index is 1.87. The molecule has 0 spiro atoms. The molecule has 4 heteroatoms. The van der Waals surface area contributed by atoms with Gasteiger partial charge in [0.05, 0.1) is 12.6 Å². The first-order valence-electron chi connectivity index (χ1n) is 6.80. The molecule has 1 aliphatic rings. The molecule has 0 bridgehead atoms. The van der Waals surface area contributed by atoms with Gasteiger partial charge in [-0.3, -0.25) is 4.79 Å². The van der Waals surface area contributed by atoms with Crippen LogP contribution in [0, 0.1) is 6.92 Å². The fourth-order valence-corrected chi connectivity index (χ4v) is 2.38. The van der Waals surface area contributed by atoms with Crippen molar-refractivity contribution in [2.75, 3.05) is 19.8 Å². The smallest absolute Gasteiger partial charge is 0.260 e. The predicted molar refractivity (Wildman–Crippen MR) is 73.1 cm³/mol. The molecule has 0 saturated carbocycles. The summed E-state index contributed by atoms with van der Waals surface area (Å²) in [5.74, 6) is 0.663. The van der Waals surface area contributed by atoms with Crippen LogP contribution in [0.5, 0.6) is 5.75 Å². The van der Waals surface area contributed by atoms with Crippen LogP contribution >= 0.6 is 0 Å². The number of rotatable bonds is 4. The number of benzene rings is 1. The fraction of sp³-hybridized carbons (Fsp3) is 0.533. The van der Waals surface area contributed by atoms with E-state index in [0.29, 0.717) is 5.75 Å². The summed E-state index contributed by atoms with van der Waals surface area (Å²) in [6, 6.07) is 7.60. The maximum absolute atomic E-state index is 12.1. The van der Waals surface area contributed by atoms with E-state index in [9.17, 15) is 9.90 Å². The fourth-order valence-electron chi connectivity index (χ4n) is 2.38. The van der Waals surface area contributed by atoms with Crippen molar-refractivity contribution in [3.8, 4) is 5.75 Å². The van der Waals surface area contributed by atoms with Crippen LogP contribution in [-0.4, -0.2) is 41.7 Å². The molecule has 0 radical (unpaired) electrons. The van der Waals surface area contributed by atoms with E-state index >= 15 is 0 Å². The van der Waals surface area contributed by atoms with Crippen molar-refractivity contribution in [3.63, 3.8) is 0 Å². The van der Waals surface area contributed by atoms with Gasteiger partial charge in [-0.2, -0.15) is 0 Å². The van der Waals surface area contributed by atoms with Crippen molar-refractivity contribution in [1.82, 2.24) is 4.90 Å². The summed E-state index contributed by atoms with van der Waals surface area (Å²) in [6.45, 7) is 2.81. The first-order valence-corrected chi connectivity index (χ1v) is 6.80. The number of hydrogen-bond acceptors (Lipinski definition) is 3. The molecule has 1 atom stereocenters. The molecule has 2 rings (SSSR count). The molecule has 19 heavy (non-hydrogen) atoms. The standard InChI is InChI=1S/C15H21NO3/c1-12-5-7-14(8-6-12)19-11-15(18)16-9-3-2-4-13(16)10-17/h5-8,13,17H,2-4,9-11H2,1H3. The van der Waals surface area contributed by atoms with Gasteiger partial charge in [0.1, 0.15) is 5.75 Å². The van der Waals surface area contributed by atoms with Gasteiger partial charge in [0.25, 0.3) is 5.91 Å². The van der Waals surface area contributed by atoms with Gasteiger partial charge in [0, 0.05) is 6.54 Å². The highest BCUT2D eigenvalue weighted by Crippen LogP contribution is 2.17. The van der Waals surface area contributed by atoms with Gasteiger partial charge in [0.2, 0.25) is 0 Å². The highest BCUT2D eigenvalue weighted by Gasteiger charge is 2.26. The first kappa shape index (κ1) is 13.9. The van der Waals surface area contributed by atoms with Gasteiger partial charge < -0.3 is 14.7 Å². The van der Waals surface area contributed by atoms with Crippen molar-refractivity contribution in [1.29, 1.82) is 0 Å². The number of piperidine rings is 1. The molecule has 104 valence electrons. The average molecular weight is 263 g/mol. The number of carbonyl (C=O) groups is 1. The largest absolute Gasteiger partial charge is 0.484 e. The molecular formula is C15H21NO3. The van der Waals surface area contributed by atoms with E-state index in [0.717, 1.165) is 31.4 Å². The minimum Gasteiger partial charge on any atom is -0.484 e. The Morgan fingerprint density at radius 3 is 2.79 bits per heavy atom. The zero-order valence-electron chi connectivity index (χ0n) is 11.3. The van der Waals surface area contributed by atoms with Crippen LogP contribution in [-0.2, 0) is 4.79 Å². The van der Waals surface area contributed by atoms with Gasteiger partial charge in [-0.15, -0.1) is 0 Å². The molecule has 1 saturated heterocycles. The van der Waals surface area contributed by atoms with E-state index in [4.69, 9.17) is 4.74 Å². The third-order valence-corrected chi connectivity index (χ3v) is 3.54. The Hall–Kier alpha value is -1.55. The Morgan fingerprint density at radius 1 is 1.37 bits per heavy atom. The molecule has 4 nitrogen and oxygen atoms in total. The van der Waals surface area contributed by atoms with Gasteiger partial charge >= 0.3 is 0 Å². The molecular weight excluding hydrogens is 242 g/mol. The lowest BCUT2D eigenvalue weighted by molar-refractivity contribution is -0.138. The zero-order valence-corrected chi connectivity index (χ0v) is 11.3. The van der Waals surface area contributed by atoms with Crippen molar-refractivity contribution >= 4 is 5.91 Å². The second kappa shape index (κ2) is 6.57. The molecule has 1 heterocycles. The second-order valence-electron chi connectivity index (χ2n) is 5.02. The van der Waals surface area contributed by atoms with Crippen molar-refractivity contribution < 1.29 is 14.6 Å². The Morgan fingerprint density at radius 2 is 2.11 bits per heavy atom. The molecule has 1 unspecified atom stereocenters. The predicted octanol–water partition coefficient (Wildman–Crippen LogP) is 1.75. The first-order chi connectivity index (χ1) is 9.20. The van der Waals surface area contributed by atoms with E-state index < -0.39 is 0 Å². The number of nitrogens with zero attached hydrogens (tertiary/aromatic N) is 1. The second-order valence-corrected chi connectivity index (χ2v) is 5.02. The molecule has 0 aromatic heterocycles. The number of aliphatic hydroxyl groups is 1. The van der Waals surface area contributed by atoms with E-state index in [-0.39, 0.29) is 25.2 Å². The maximum atomic E-state index is 12.1. The molecule has 1 aromatic rings. The number of ether oxygens (including phenoxy) is 1. The summed E-state index contributed by atoms with van der Waals surface area (Å²) in [5, 5.41) is 9.29. The monoisotopic (exact) mass is 263 g/mol. The number of amides is 1. The molecule has 1 aromatic carbocycles. The summed E-state index contributed by atoms with van der Waals surface area (Å²) in [7, 11) is 0. The van der Waals surface area contributed by atoms with Gasteiger partial charge in [-0.1, -0.05) is 17.7 Å². The minimum atomic E-state index is -0.0423. The summed E-state index contributed by atoms with van der Waals surface area (Å²) in [5.41, 5.74) is 1.16. The van der Waals surface area contributed by atoms with Crippen LogP contribution in [0.3, 0.4) is 0 Å². The summed E-state index contributed by atoms with van der Waals surface area (Å²) < 4.78 is 5.50. The number of aryl methyl sites for hydroxylation is 1. The van der Waals surface area contributed by atoms with Gasteiger partial charge in [-0.05, 0) is 38.3 Å². The topological polar surface area (TPSA) is 49.8 Å². The quantitative estimate of drug-likeness (QED) is 0.900. The summed E-state index contributed by atoms with van der Waals surface area (Å²) in [4.78, 5) is 13.8. The highest BCUT2D eigenvalue weighted by molar-refractivity contribution is 5.78. The molecule has 1 aliphatic heterocycles. The van der Waals surface area contributed by atoms with Crippen LogP contribution in [0.15, 0.2) is 24.3 Å². The molecule has 1 amide bonds. The Labute approximate surface area is 114 Å². The molecule has 0 aliphatic carbocycles. The minimum absolute atomic E-state index is 0.0380. The summed E-state index contributed by atoms with van der Waals surface area (Å²) in [6.07, 6.45) is 2.97. The van der Waals surface area contributed by atoms with E-state index in [2.05, 4.69) is 0 Å². The number of likely N-dealkylation sites (tertiary alicyclic amines) is 1. The SMILES string of the molecule is Cc1ccc(OCC(=O)N2CCCCC2CO)cc1. The van der Waals surface area contributed by atoms with Crippen molar-refractivity contribution in [2.24, 2.45) is 0 Å². The van der Waals surface area contributed by atoms with Crippen molar-refractivity contribution in [3.05, 3.63) is 29.8 Å². The lowest BCUT2D eigenvalue weighted by Crippen LogP contribution is -2.47. The average Bonchev–Trinajstić information content (AvgIpc) is 2.46. The highest BCUT2D eigenvalue weighted by atomic mass is 16.5. The third-order valence-electron chi connectivity index (χ3n) is 3.54. The van der Waals surface area contributed by atoms with E-state index in [1.54, 1.807) is 4.90 Å².